The fraction of sp³-hybridized carbons (Fsp3) is 0.154. The van der Waals surface area contributed by atoms with Crippen molar-refractivity contribution >= 4 is 11.4 Å². The van der Waals surface area contributed by atoms with Gasteiger partial charge in [0.25, 0.3) is 11.6 Å². The van der Waals surface area contributed by atoms with Crippen LogP contribution in [0.25, 0.3) is 0 Å². The molecular weight excluding hydrogens is 278 g/mol. The van der Waals surface area contributed by atoms with Crippen LogP contribution in [0.4, 0.5) is 11.4 Å². The molecule has 1 aromatic heterocycles. The number of nitro groups is 2. The van der Waals surface area contributed by atoms with Crippen molar-refractivity contribution in [2.75, 3.05) is 6.61 Å². The number of benzene rings is 1. The van der Waals surface area contributed by atoms with Crippen LogP contribution in [0, 0.1) is 20.2 Å². The Morgan fingerprint density at radius 2 is 1.81 bits per heavy atom. The van der Waals surface area contributed by atoms with Gasteiger partial charge in [-0.2, -0.15) is 0 Å². The lowest BCUT2D eigenvalue weighted by Gasteiger charge is -2.05. The third kappa shape index (κ3) is 3.72. The van der Waals surface area contributed by atoms with Gasteiger partial charge in [0, 0.05) is 6.42 Å². The Bertz CT molecular complexity index is 660. The van der Waals surface area contributed by atoms with Gasteiger partial charge in [-0.1, -0.05) is 30.3 Å². The van der Waals surface area contributed by atoms with Gasteiger partial charge in [0.2, 0.25) is 0 Å². The molecule has 0 radical (unpaired) electrons. The summed E-state index contributed by atoms with van der Waals surface area (Å²) in [6, 6.07) is 10.3. The zero-order valence-electron chi connectivity index (χ0n) is 10.8. The van der Waals surface area contributed by atoms with Crippen LogP contribution in [0.15, 0.2) is 42.6 Å². The predicted molar refractivity (Wildman–Crippen MR) is 73.2 cm³/mol. The van der Waals surface area contributed by atoms with Crippen molar-refractivity contribution in [1.29, 1.82) is 0 Å². The maximum atomic E-state index is 10.9. The summed E-state index contributed by atoms with van der Waals surface area (Å²) in [5.74, 6) is -0.221. The topological polar surface area (TPSA) is 108 Å². The molecule has 2 rings (SSSR count). The Hall–Kier alpha value is -3.03. The molecule has 0 amide bonds. The lowest BCUT2D eigenvalue weighted by Crippen LogP contribution is -2.05. The molecule has 108 valence electrons. The molecule has 0 aliphatic rings. The van der Waals surface area contributed by atoms with Gasteiger partial charge in [-0.05, 0) is 5.56 Å². The Morgan fingerprint density at radius 3 is 2.43 bits per heavy atom. The molecule has 0 unspecified atom stereocenters. The van der Waals surface area contributed by atoms with Crippen molar-refractivity contribution in [2.45, 2.75) is 6.42 Å². The Balaban J connectivity index is 2.09. The normalized spacial score (nSPS) is 10.1. The summed E-state index contributed by atoms with van der Waals surface area (Å²) in [4.78, 5) is 23.6. The fourth-order valence-corrected chi connectivity index (χ4v) is 1.68. The van der Waals surface area contributed by atoms with E-state index in [0.29, 0.717) is 6.42 Å². The van der Waals surface area contributed by atoms with Gasteiger partial charge in [0.15, 0.2) is 0 Å². The van der Waals surface area contributed by atoms with Gasteiger partial charge in [-0.25, -0.2) is 4.98 Å². The molecule has 0 saturated carbocycles. The lowest BCUT2D eigenvalue weighted by atomic mass is 10.2. The summed E-state index contributed by atoms with van der Waals surface area (Å²) in [7, 11) is 0. The molecule has 1 aromatic carbocycles. The average molecular weight is 289 g/mol. The van der Waals surface area contributed by atoms with Crippen LogP contribution in [0.1, 0.15) is 5.56 Å². The quantitative estimate of drug-likeness (QED) is 0.597. The summed E-state index contributed by atoms with van der Waals surface area (Å²) in [5, 5.41) is 21.5. The van der Waals surface area contributed by atoms with Crippen LogP contribution < -0.4 is 4.74 Å². The summed E-state index contributed by atoms with van der Waals surface area (Å²) in [6.07, 6.45) is 1.49. The lowest BCUT2D eigenvalue weighted by molar-refractivity contribution is -0.395. The van der Waals surface area contributed by atoms with Gasteiger partial charge in [0.1, 0.15) is 12.3 Å². The van der Waals surface area contributed by atoms with Gasteiger partial charge in [0.05, 0.1) is 16.5 Å². The highest BCUT2D eigenvalue weighted by Crippen LogP contribution is 2.28. The van der Waals surface area contributed by atoms with E-state index in [2.05, 4.69) is 4.98 Å². The first kappa shape index (κ1) is 14.4. The van der Waals surface area contributed by atoms with Crippen molar-refractivity contribution in [3.05, 3.63) is 68.4 Å². The van der Waals surface area contributed by atoms with Crippen LogP contribution in [-0.2, 0) is 6.42 Å². The van der Waals surface area contributed by atoms with Crippen LogP contribution >= 0.6 is 0 Å². The van der Waals surface area contributed by atoms with Crippen molar-refractivity contribution < 1.29 is 14.6 Å². The van der Waals surface area contributed by atoms with Gasteiger partial charge >= 0.3 is 5.69 Å². The van der Waals surface area contributed by atoms with Gasteiger partial charge in [-0.15, -0.1) is 0 Å². The SMILES string of the molecule is O=[N+]([O-])c1cnc(OCCc2ccccc2)c([N+](=O)[O-])c1. The van der Waals surface area contributed by atoms with Crippen molar-refractivity contribution in [3.63, 3.8) is 0 Å². The summed E-state index contributed by atoms with van der Waals surface area (Å²) >= 11 is 0. The second-order valence-electron chi connectivity index (χ2n) is 4.12. The van der Waals surface area contributed by atoms with Crippen LogP contribution in [0.3, 0.4) is 0 Å². The molecule has 2 aromatic rings. The third-order valence-corrected chi connectivity index (χ3v) is 2.70. The highest BCUT2D eigenvalue weighted by molar-refractivity contribution is 5.48. The molecular formula is C13H11N3O5. The molecule has 0 aliphatic heterocycles. The largest absolute Gasteiger partial charge is 0.472 e. The molecule has 0 atom stereocenters. The minimum absolute atomic E-state index is 0.190. The average Bonchev–Trinajstić information content (AvgIpc) is 2.48. The fourth-order valence-electron chi connectivity index (χ4n) is 1.68. The van der Waals surface area contributed by atoms with E-state index in [4.69, 9.17) is 4.74 Å². The molecule has 0 N–H and O–H groups in total. The van der Waals surface area contributed by atoms with Crippen LogP contribution in [0.5, 0.6) is 5.88 Å². The standard InChI is InChI=1S/C13H11N3O5/c17-15(18)11-8-12(16(19)20)13(14-9-11)21-7-6-10-4-2-1-3-5-10/h1-5,8-9H,6-7H2. The molecule has 8 nitrogen and oxygen atoms in total. The highest BCUT2D eigenvalue weighted by Gasteiger charge is 2.22. The number of hydrogen-bond donors (Lipinski definition) is 0. The minimum atomic E-state index is -0.752. The second kappa shape index (κ2) is 6.42. The minimum Gasteiger partial charge on any atom is -0.472 e. The van der Waals surface area contributed by atoms with Crippen molar-refractivity contribution in [1.82, 2.24) is 4.98 Å². The summed E-state index contributed by atoms with van der Waals surface area (Å²) in [5.41, 5.74) is 0.0523. The van der Waals surface area contributed by atoms with E-state index in [0.717, 1.165) is 17.8 Å². The predicted octanol–water partition coefficient (Wildman–Crippen LogP) is 2.52. The first-order valence-corrected chi connectivity index (χ1v) is 6.03. The number of rotatable bonds is 6. The smallest absolute Gasteiger partial charge is 0.337 e. The van der Waals surface area contributed by atoms with Crippen LogP contribution in [-0.4, -0.2) is 21.4 Å². The maximum absolute atomic E-state index is 10.9. The molecule has 0 fully saturated rings. The second-order valence-corrected chi connectivity index (χ2v) is 4.12. The van der Waals surface area contributed by atoms with E-state index in [1.807, 2.05) is 30.3 Å². The van der Waals surface area contributed by atoms with E-state index in [1.54, 1.807) is 0 Å². The Morgan fingerprint density at radius 1 is 1.10 bits per heavy atom. The number of nitrogens with zero attached hydrogens (tertiary/aromatic N) is 3. The van der Waals surface area contributed by atoms with Gasteiger partial charge in [-0.3, -0.25) is 20.2 Å². The van der Waals surface area contributed by atoms with E-state index in [9.17, 15) is 20.2 Å². The molecule has 8 heteroatoms. The van der Waals surface area contributed by atoms with Crippen molar-refractivity contribution in [2.24, 2.45) is 0 Å². The van der Waals surface area contributed by atoms with E-state index >= 15 is 0 Å². The number of aromatic nitrogens is 1. The summed E-state index contributed by atoms with van der Waals surface area (Å²) < 4.78 is 5.26. The van der Waals surface area contributed by atoms with E-state index < -0.39 is 21.2 Å². The van der Waals surface area contributed by atoms with Gasteiger partial charge < -0.3 is 4.74 Å². The first-order chi connectivity index (χ1) is 10.1. The third-order valence-electron chi connectivity index (χ3n) is 2.70. The number of ether oxygens (including phenoxy) is 1. The van der Waals surface area contributed by atoms with Crippen LogP contribution in [0.2, 0.25) is 0 Å². The van der Waals surface area contributed by atoms with Crippen molar-refractivity contribution in [3.8, 4) is 5.88 Å². The summed E-state index contributed by atoms with van der Waals surface area (Å²) in [6.45, 7) is 0.190. The zero-order valence-corrected chi connectivity index (χ0v) is 10.8. The highest BCUT2D eigenvalue weighted by atomic mass is 16.6. The maximum Gasteiger partial charge on any atom is 0.337 e. The Kier molecular flexibility index (Phi) is 4.39. The van der Waals surface area contributed by atoms with E-state index in [-0.39, 0.29) is 12.5 Å². The zero-order chi connectivity index (χ0) is 15.2. The first-order valence-electron chi connectivity index (χ1n) is 6.03. The molecule has 0 spiro atoms. The molecule has 0 bridgehead atoms. The number of hydrogen-bond acceptors (Lipinski definition) is 6. The number of pyridine rings is 1. The Labute approximate surface area is 119 Å². The molecule has 0 aliphatic carbocycles. The molecule has 0 saturated heterocycles. The monoisotopic (exact) mass is 289 g/mol. The molecule has 1 heterocycles. The van der Waals surface area contributed by atoms with E-state index in [1.165, 1.54) is 0 Å². The molecule has 21 heavy (non-hydrogen) atoms.